The van der Waals surface area contributed by atoms with Crippen LogP contribution in [0.5, 0.6) is 0 Å². The number of hydrogen-bond acceptors (Lipinski definition) is 2. The van der Waals surface area contributed by atoms with E-state index in [4.69, 9.17) is 5.73 Å². The van der Waals surface area contributed by atoms with Crippen LogP contribution in [0.4, 0.5) is 0 Å². The molecule has 1 rings (SSSR count). The van der Waals surface area contributed by atoms with Crippen LogP contribution in [0.1, 0.15) is 20.3 Å². The molecule has 0 unspecified atom stereocenters. The van der Waals surface area contributed by atoms with E-state index in [2.05, 4.69) is 30.9 Å². The van der Waals surface area contributed by atoms with E-state index < -0.39 is 0 Å². The Morgan fingerprint density at radius 3 is 2.31 bits per heavy atom. The van der Waals surface area contributed by atoms with E-state index in [1.165, 1.54) is 6.42 Å². The lowest BCUT2D eigenvalue weighted by molar-refractivity contribution is 0.141. The molecule has 0 saturated heterocycles. The fourth-order valence-electron chi connectivity index (χ4n) is 1.32. The van der Waals surface area contributed by atoms with Gasteiger partial charge in [-0.1, -0.05) is 12.2 Å². The molecule has 1 heterocycles. The Balaban J connectivity index is 0. The summed E-state index contributed by atoms with van der Waals surface area (Å²) in [6.45, 7) is 7.35. The van der Waals surface area contributed by atoms with E-state index in [1.54, 1.807) is 0 Å². The van der Waals surface area contributed by atoms with Gasteiger partial charge in [0, 0.05) is 25.2 Å². The van der Waals surface area contributed by atoms with Crippen LogP contribution in [0, 0.1) is 0 Å². The topological polar surface area (TPSA) is 29.3 Å². The highest BCUT2D eigenvalue weighted by Gasteiger charge is 2.24. The molecule has 2 nitrogen and oxygen atoms in total. The number of nitrogens with two attached hydrogens (primary N) is 1. The molecule has 0 bridgehead atoms. The third-order valence-corrected chi connectivity index (χ3v) is 2.41. The molecule has 2 N–H and O–H groups in total. The van der Waals surface area contributed by atoms with Crippen molar-refractivity contribution >= 4 is 24.8 Å². The van der Waals surface area contributed by atoms with Crippen LogP contribution in [0.15, 0.2) is 12.2 Å². The number of rotatable bonds is 2. The van der Waals surface area contributed by atoms with Crippen molar-refractivity contribution in [2.24, 2.45) is 5.73 Å². The molecular weight excluding hydrogens is 207 g/mol. The summed E-state index contributed by atoms with van der Waals surface area (Å²) in [4.78, 5) is 2.42. The van der Waals surface area contributed by atoms with Crippen molar-refractivity contribution in [1.29, 1.82) is 0 Å². The Morgan fingerprint density at radius 2 is 1.92 bits per heavy atom. The highest BCUT2D eigenvalue weighted by atomic mass is 35.5. The Hall–Kier alpha value is 0.240. The lowest BCUT2D eigenvalue weighted by Gasteiger charge is -2.38. The second-order valence-corrected chi connectivity index (χ2v) is 3.72. The molecule has 80 valence electrons. The molecular formula is C9H20Cl2N2. The second-order valence-electron chi connectivity index (χ2n) is 3.72. The van der Waals surface area contributed by atoms with Gasteiger partial charge in [0.1, 0.15) is 0 Å². The van der Waals surface area contributed by atoms with E-state index in [0.717, 1.165) is 19.6 Å². The standard InChI is InChI=1S/C9H18N2.2ClH/c1-9(2,8-10)11-6-4-3-5-7-11;;/h3-4H,5-8,10H2,1-2H3;2*1H. The average Bonchev–Trinajstić information content (AvgIpc) is 2.06. The average molecular weight is 227 g/mol. The molecule has 0 aliphatic carbocycles. The minimum atomic E-state index is 0. The minimum Gasteiger partial charge on any atom is -0.329 e. The largest absolute Gasteiger partial charge is 0.329 e. The summed E-state index contributed by atoms with van der Waals surface area (Å²) in [5, 5.41) is 0. The first-order valence-corrected chi connectivity index (χ1v) is 4.27. The van der Waals surface area contributed by atoms with Crippen molar-refractivity contribution in [1.82, 2.24) is 4.90 Å². The summed E-state index contributed by atoms with van der Waals surface area (Å²) in [7, 11) is 0. The van der Waals surface area contributed by atoms with Gasteiger partial charge in [0.05, 0.1) is 0 Å². The summed E-state index contributed by atoms with van der Waals surface area (Å²) in [5.74, 6) is 0. The van der Waals surface area contributed by atoms with Crippen LogP contribution in [-0.2, 0) is 0 Å². The summed E-state index contributed by atoms with van der Waals surface area (Å²) < 4.78 is 0. The minimum absolute atomic E-state index is 0. The Kier molecular flexibility index (Phi) is 8.04. The summed E-state index contributed by atoms with van der Waals surface area (Å²) >= 11 is 0. The van der Waals surface area contributed by atoms with Gasteiger partial charge in [-0.15, -0.1) is 24.8 Å². The number of hydrogen-bond donors (Lipinski definition) is 1. The van der Waals surface area contributed by atoms with Gasteiger partial charge in [-0.25, -0.2) is 0 Å². The predicted molar refractivity (Wildman–Crippen MR) is 63.0 cm³/mol. The molecule has 13 heavy (non-hydrogen) atoms. The van der Waals surface area contributed by atoms with Crippen LogP contribution >= 0.6 is 24.8 Å². The molecule has 0 saturated carbocycles. The quantitative estimate of drug-likeness (QED) is 0.729. The number of nitrogens with zero attached hydrogens (tertiary/aromatic N) is 1. The zero-order valence-corrected chi connectivity index (χ0v) is 9.96. The van der Waals surface area contributed by atoms with Crippen LogP contribution in [0.25, 0.3) is 0 Å². The molecule has 0 radical (unpaired) electrons. The smallest absolute Gasteiger partial charge is 0.0278 e. The first-order chi connectivity index (χ1) is 5.17. The Bertz CT molecular complexity index is 158. The van der Waals surface area contributed by atoms with Gasteiger partial charge in [-0.3, -0.25) is 4.90 Å². The fourth-order valence-corrected chi connectivity index (χ4v) is 1.32. The van der Waals surface area contributed by atoms with Gasteiger partial charge in [-0.2, -0.15) is 0 Å². The Morgan fingerprint density at radius 1 is 1.31 bits per heavy atom. The van der Waals surface area contributed by atoms with Gasteiger partial charge < -0.3 is 5.73 Å². The van der Waals surface area contributed by atoms with Crippen LogP contribution in [-0.4, -0.2) is 30.1 Å². The lowest BCUT2D eigenvalue weighted by Crippen LogP contribution is -2.50. The molecule has 0 atom stereocenters. The first-order valence-electron chi connectivity index (χ1n) is 4.27. The van der Waals surface area contributed by atoms with Gasteiger partial charge in [-0.05, 0) is 20.3 Å². The predicted octanol–water partition coefficient (Wildman–Crippen LogP) is 1.83. The molecule has 0 spiro atoms. The van der Waals surface area contributed by atoms with E-state index in [0.29, 0.717) is 0 Å². The molecule has 0 aromatic heterocycles. The zero-order valence-electron chi connectivity index (χ0n) is 8.32. The molecule has 0 amide bonds. The van der Waals surface area contributed by atoms with Crippen molar-refractivity contribution in [2.45, 2.75) is 25.8 Å². The maximum Gasteiger partial charge on any atom is 0.0278 e. The zero-order chi connectivity index (χ0) is 8.32. The van der Waals surface area contributed by atoms with Crippen molar-refractivity contribution in [2.75, 3.05) is 19.6 Å². The van der Waals surface area contributed by atoms with Crippen molar-refractivity contribution < 1.29 is 0 Å². The normalized spacial score (nSPS) is 17.5. The van der Waals surface area contributed by atoms with Gasteiger partial charge in [0.25, 0.3) is 0 Å². The van der Waals surface area contributed by atoms with Crippen molar-refractivity contribution in [3.63, 3.8) is 0 Å². The highest BCUT2D eigenvalue weighted by Crippen LogP contribution is 2.15. The Labute approximate surface area is 93.4 Å². The molecule has 4 heteroatoms. The molecule has 0 fully saturated rings. The SMILES string of the molecule is CC(C)(CN)N1CC=CCC1.Cl.Cl. The highest BCUT2D eigenvalue weighted by molar-refractivity contribution is 5.85. The van der Waals surface area contributed by atoms with E-state index in [-0.39, 0.29) is 30.4 Å². The molecule has 0 aromatic carbocycles. The van der Waals surface area contributed by atoms with Gasteiger partial charge in [0.2, 0.25) is 0 Å². The molecule has 1 aliphatic rings. The van der Waals surface area contributed by atoms with E-state index in [9.17, 15) is 0 Å². The molecule has 0 aromatic rings. The first kappa shape index (κ1) is 15.7. The van der Waals surface area contributed by atoms with E-state index >= 15 is 0 Å². The summed E-state index contributed by atoms with van der Waals surface area (Å²) in [5.41, 5.74) is 5.84. The maximum absolute atomic E-state index is 5.67. The van der Waals surface area contributed by atoms with Crippen LogP contribution < -0.4 is 5.73 Å². The summed E-state index contributed by atoms with van der Waals surface area (Å²) in [6, 6.07) is 0. The lowest BCUT2D eigenvalue weighted by atomic mass is 10.0. The van der Waals surface area contributed by atoms with E-state index in [1.807, 2.05) is 0 Å². The van der Waals surface area contributed by atoms with Crippen molar-refractivity contribution in [3.8, 4) is 0 Å². The monoisotopic (exact) mass is 226 g/mol. The van der Waals surface area contributed by atoms with Crippen LogP contribution in [0.3, 0.4) is 0 Å². The van der Waals surface area contributed by atoms with Gasteiger partial charge >= 0.3 is 0 Å². The maximum atomic E-state index is 5.67. The third-order valence-electron chi connectivity index (χ3n) is 2.41. The number of halogens is 2. The summed E-state index contributed by atoms with van der Waals surface area (Å²) in [6.07, 6.45) is 5.63. The third kappa shape index (κ3) is 4.32. The van der Waals surface area contributed by atoms with Crippen molar-refractivity contribution in [3.05, 3.63) is 12.2 Å². The second kappa shape index (κ2) is 6.66. The van der Waals surface area contributed by atoms with Crippen LogP contribution in [0.2, 0.25) is 0 Å². The fraction of sp³-hybridized carbons (Fsp3) is 0.778. The molecule has 1 aliphatic heterocycles. The van der Waals surface area contributed by atoms with Gasteiger partial charge in [0.15, 0.2) is 0 Å².